The maximum absolute atomic E-state index is 11.4. The highest BCUT2D eigenvalue weighted by Crippen LogP contribution is 2.24. The summed E-state index contributed by atoms with van der Waals surface area (Å²) >= 11 is 0. The largest absolute Gasteiger partial charge is 0.496 e. The lowest BCUT2D eigenvalue weighted by Gasteiger charge is -2.17. The van der Waals surface area contributed by atoms with Crippen LogP contribution in [0, 0.1) is 0 Å². The van der Waals surface area contributed by atoms with Crippen molar-refractivity contribution in [2.45, 2.75) is 25.8 Å². The van der Waals surface area contributed by atoms with E-state index >= 15 is 0 Å². The lowest BCUT2D eigenvalue weighted by molar-refractivity contribution is -0.128. The molecular formula is C15H24N2O2. The van der Waals surface area contributed by atoms with Crippen molar-refractivity contribution >= 4 is 5.91 Å². The second-order valence-electron chi connectivity index (χ2n) is 4.81. The van der Waals surface area contributed by atoms with E-state index in [0.29, 0.717) is 6.42 Å². The number of methoxy groups -OCH3 is 1. The molecule has 19 heavy (non-hydrogen) atoms. The van der Waals surface area contributed by atoms with Crippen LogP contribution in [-0.2, 0) is 4.79 Å². The summed E-state index contributed by atoms with van der Waals surface area (Å²) in [6, 6.07) is 8.20. The minimum absolute atomic E-state index is 0.173. The van der Waals surface area contributed by atoms with Gasteiger partial charge in [-0.3, -0.25) is 4.79 Å². The molecule has 0 heterocycles. The number of carbonyl (C=O) groups excluding carboxylic acids is 1. The first kappa shape index (κ1) is 15.5. The van der Waals surface area contributed by atoms with Crippen LogP contribution in [0.4, 0.5) is 0 Å². The normalized spacial score (nSPS) is 12.0. The second kappa shape index (κ2) is 7.79. The first-order valence-electron chi connectivity index (χ1n) is 6.62. The zero-order valence-electron chi connectivity index (χ0n) is 12.3. The molecule has 0 fully saturated rings. The molecule has 0 aliphatic heterocycles. The fraction of sp³-hybridized carbons (Fsp3) is 0.533. The van der Waals surface area contributed by atoms with Crippen LogP contribution >= 0.6 is 0 Å². The molecule has 0 saturated heterocycles. The molecule has 1 aromatic carbocycles. The van der Waals surface area contributed by atoms with Gasteiger partial charge in [0.1, 0.15) is 5.75 Å². The number of rotatable bonds is 7. The Morgan fingerprint density at radius 2 is 2.05 bits per heavy atom. The van der Waals surface area contributed by atoms with Crippen molar-refractivity contribution in [1.82, 2.24) is 10.2 Å². The molecule has 1 rings (SSSR count). The zero-order valence-corrected chi connectivity index (χ0v) is 12.3. The molecule has 0 aliphatic rings. The Labute approximate surface area is 115 Å². The number of amides is 1. The van der Waals surface area contributed by atoms with Crippen LogP contribution in [0.15, 0.2) is 24.3 Å². The van der Waals surface area contributed by atoms with Gasteiger partial charge in [0.2, 0.25) is 5.91 Å². The van der Waals surface area contributed by atoms with E-state index < -0.39 is 0 Å². The van der Waals surface area contributed by atoms with E-state index in [1.165, 1.54) is 0 Å². The third kappa shape index (κ3) is 4.91. The topological polar surface area (TPSA) is 41.6 Å². The number of carbonyl (C=O) groups is 1. The lowest BCUT2D eigenvalue weighted by Crippen LogP contribution is -2.24. The number of hydrogen-bond acceptors (Lipinski definition) is 3. The van der Waals surface area contributed by atoms with Crippen molar-refractivity contribution < 1.29 is 9.53 Å². The molecule has 0 bridgehead atoms. The molecule has 1 atom stereocenters. The quantitative estimate of drug-likeness (QED) is 0.768. The van der Waals surface area contributed by atoms with E-state index in [1.807, 2.05) is 18.2 Å². The van der Waals surface area contributed by atoms with Crippen molar-refractivity contribution in [3.05, 3.63) is 29.8 Å². The Balaban J connectivity index is 2.39. The molecule has 0 spiro atoms. The molecule has 0 aromatic heterocycles. The van der Waals surface area contributed by atoms with Crippen molar-refractivity contribution in [3.8, 4) is 5.75 Å². The molecule has 106 valence electrons. The average Bonchev–Trinajstić information content (AvgIpc) is 2.42. The molecule has 0 unspecified atom stereocenters. The van der Waals surface area contributed by atoms with Gasteiger partial charge in [0, 0.05) is 32.1 Å². The summed E-state index contributed by atoms with van der Waals surface area (Å²) in [7, 11) is 5.25. The Morgan fingerprint density at radius 3 is 2.68 bits per heavy atom. The highest BCUT2D eigenvalue weighted by molar-refractivity contribution is 5.75. The predicted molar refractivity (Wildman–Crippen MR) is 77.3 cm³/mol. The van der Waals surface area contributed by atoms with Gasteiger partial charge < -0.3 is 15.0 Å². The van der Waals surface area contributed by atoms with E-state index in [-0.39, 0.29) is 11.9 Å². The van der Waals surface area contributed by atoms with Crippen LogP contribution < -0.4 is 10.1 Å². The molecule has 4 heteroatoms. The third-order valence-corrected chi connectivity index (χ3v) is 3.12. The van der Waals surface area contributed by atoms with Crippen LogP contribution in [0.1, 0.15) is 31.4 Å². The predicted octanol–water partition coefficient (Wildman–Crippen LogP) is 2.21. The van der Waals surface area contributed by atoms with Crippen LogP contribution in [0.25, 0.3) is 0 Å². The zero-order chi connectivity index (χ0) is 14.3. The molecule has 1 N–H and O–H groups in total. The molecule has 1 aromatic rings. The maximum Gasteiger partial charge on any atom is 0.222 e. The number of hydrogen-bond donors (Lipinski definition) is 1. The van der Waals surface area contributed by atoms with Gasteiger partial charge in [-0.1, -0.05) is 18.2 Å². The maximum atomic E-state index is 11.4. The average molecular weight is 264 g/mol. The fourth-order valence-corrected chi connectivity index (χ4v) is 1.92. The van der Waals surface area contributed by atoms with Crippen molar-refractivity contribution in [3.63, 3.8) is 0 Å². The van der Waals surface area contributed by atoms with Gasteiger partial charge in [0.25, 0.3) is 0 Å². The van der Waals surface area contributed by atoms with E-state index in [4.69, 9.17) is 4.74 Å². The Hall–Kier alpha value is -1.55. The number of benzene rings is 1. The lowest BCUT2D eigenvalue weighted by atomic mass is 10.1. The summed E-state index contributed by atoms with van der Waals surface area (Å²) in [5, 5.41) is 3.42. The summed E-state index contributed by atoms with van der Waals surface area (Å²) in [5.41, 5.74) is 1.14. The summed E-state index contributed by atoms with van der Waals surface area (Å²) in [4.78, 5) is 13.1. The van der Waals surface area contributed by atoms with Crippen molar-refractivity contribution in [2.75, 3.05) is 27.7 Å². The Morgan fingerprint density at radius 1 is 1.37 bits per heavy atom. The van der Waals surface area contributed by atoms with E-state index in [9.17, 15) is 4.79 Å². The van der Waals surface area contributed by atoms with E-state index in [1.54, 1.807) is 26.1 Å². The highest BCUT2D eigenvalue weighted by atomic mass is 16.5. The fourth-order valence-electron chi connectivity index (χ4n) is 1.92. The Kier molecular flexibility index (Phi) is 6.36. The number of ether oxygens (including phenoxy) is 1. The molecule has 0 saturated carbocycles. The molecule has 1 amide bonds. The molecular weight excluding hydrogens is 240 g/mol. The smallest absolute Gasteiger partial charge is 0.222 e. The van der Waals surface area contributed by atoms with Crippen LogP contribution in [0.2, 0.25) is 0 Å². The minimum atomic E-state index is 0.173. The second-order valence-corrected chi connectivity index (χ2v) is 4.81. The molecule has 0 aliphatic carbocycles. The molecule has 0 radical (unpaired) electrons. The number of nitrogens with zero attached hydrogens (tertiary/aromatic N) is 1. The summed E-state index contributed by atoms with van der Waals surface area (Å²) in [5.74, 6) is 1.07. The first-order chi connectivity index (χ1) is 9.06. The van der Waals surface area contributed by atoms with Crippen LogP contribution in [0.5, 0.6) is 5.75 Å². The van der Waals surface area contributed by atoms with Gasteiger partial charge in [-0.2, -0.15) is 0 Å². The van der Waals surface area contributed by atoms with Gasteiger partial charge in [0.05, 0.1) is 7.11 Å². The third-order valence-electron chi connectivity index (χ3n) is 3.12. The first-order valence-corrected chi connectivity index (χ1v) is 6.62. The summed E-state index contributed by atoms with van der Waals surface area (Å²) in [6.07, 6.45) is 1.43. The summed E-state index contributed by atoms with van der Waals surface area (Å²) < 4.78 is 5.34. The summed E-state index contributed by atoms with van der Waals surface area (Å²) in [6.45, 7) is 2.92. The van der Waals surface area contributed by atoms with Crippen LogP contribution in [-0.4, -0.2) is 38.6 Å². The highest BCUT2D eigenvalue weighted by Gasteiger charge is 2.10. The minimum Gasteiger partial charge on any atom is -0.496 e. The van der Waals surface area contributed by atoms with Crippen molar-refractivity contribution in [2.24, 2.45) is 0 Å². The van der Waals surface area contributed by atoms with Gasteiger partial charge in [0.15, 0.2) is 0 Å². The van der Waals surface area contributed by atoms with Gasteiger partial charge in [-0.05, 0) is 26.0 Å². The van der Waals surface area contributed by atoms with E-state index in [0.717, 1.165) is 24.3 Å². The monoisotopic (exact) mass is 264 g/mol. The van der Waals surface area contributed by atoms with Gasteiger partial charge in [-0.15, -0.1) is 0 Å². The standard InChI is InChI=1S/C15H24N2O2/c1-12(13-8-5-6-9-14(13)19-4)16-11-7-10-15(18)17(2)3/h5-6,8-9,12,16H,7,10-11H2,1-4H3/t12-/m0/s1. The van der Waals surface area contributed by atoms with E-state index in [2.05, 4.69) is 18.3 Å². The van der Waals surface area contributed by atoms with Crippen LogP contribution in [0.3, 0.4) is 0 Å². The number of para-hydroxylation sites is 1. The van der Waals surface area contributed by atoms with Crippen molar-refractivity contribution in [1.29, 1.82) is 0 Å². The van der Waals surface area contributed by atoms with Gasteiger partial charge >= 0.3 is 0 Å². The number of nitrogens with one attached hydrogen (secondary N) is 1. The Bertz CT molecular complexity index is 405. The SMILES string of the molecule is COc1ccccc1[C@H](C)NCCCC(=O)N(C)C. The van der Waals surface area contributed by atoms with Gasteiger partial charge in [-0.25, -0.2) is 0 Å². The molecule has 4 nitrogen and oxygen atoms in total.